The number of hydrogen-bond acceptors (Lipinski definition) is 4. The highest BCUT2D eigenvalue weighted by Crippen LogP contribution is 2.15. The molecule has 0 aliphatic heterocycles. The average Bonchev–Trinajstić information content (AvgIpc) is 2.91. The fourth-order valence-corrected chi connectivity index (χ4v) is 1.72. The molecule has 0 spiro atoms. The second kappa shape index (κ2) is 8.76. The van der Waals surface area contributed by atoms with E-state index in [1.54, 1.807) is 19.3 Å². The zero-order chi connectivity index (χ0) is 15.0. The van der Waals surface area contributed by atoms with Crippen LogP contribution in [-0.2, 0) is 14.3 Å². The molecule has 0 saturated heterocycles. The number of ether oxygens (including phenoxy) is 2. The Bertz CT molecular complexity index is 375. The Morgan fingerprint density at radius 1 is 1.35 bits per heavy atom. The lowest BCUT2D eigenvalue weighted by Crippen LogP contribution is -2.38. The number of nitrogens with one attached hydrogen (secondary N) is 1. The van der Waals surface area contributed by atoms with Crippen LogP contribution in [0, 0.1) is 5.92 Å². The third-order valence-electron chi connectivity index (χ3n) is 2.72. The Balaban J connectivity index is 2.57. The molecule has 1 N–H and O–H groups in total. The summed E-state index contributed by atoms with van der Waals surface area (Å²) in [5.74, 6) is 0.970. The van der Waals surface area contributed by atoms with Crippen molar-refractivity contribution < 1.29 is 18.7 Å². The average molecular weight is 283 g/mol. The molecule has 0 aromatic carbocycles. The lowest BCUT2D eigenvalue weighted by molar-refractivity contribution is -0.132. The summed E-state index contributed by atoms with van der Waals surface area (Å²) in [5.41, 5.74) is 0. The highest BCUT2D eigenvalue weighted by Gasteiger charge is 2.21. The fraction of sp³-hybridized carbons (Fsp3) is 0.667. The molecule has 1 heterocycles. The van der Waals surface area contributed by atoms with Crippen molar-refractivity contribution >= 4 is 5.91 Å². The van der Waals surface area contributed by atoms with Crippen molar-refractivity contribution in [3.05, 3.63) is 24.2 Å². The minimum absolute atomic E-state index is 0.165. The van der Waals surface area contributed by atoms with Gasteiger partial charge >= 0.3 is 0 Å². The summed E-state index contributed by atoms with van der Waals surface area (Å²) >= 11 is 0. The largest absolute Gasteiger partial charge is 0.467 e. The molecule has 5 heteroatoms. The maximum absolute atomic E-state index is 12.0. The summed E-state index contributed by atoms with van der Waals surface area (Å²) in [6.07, 6.45) is 1.10. The van der Waals surface area contributed by atoms with Gasteiger partial charge in [-0.2, -0.15) is 0 Å². The SMILES string of the molecule is CCO[C@@H](C)C(=O)N[C@H](COCC(C)C)c1ccco1. The molecule has 2 atom stereocenters. The lowest BCUT2D eigenvalue weighted by Gasteiger charge is -2.20. The van der Waals surface area contributed by atoms with Gasteiger partial charge in [0.15, 0.2) is 0 Å². The van der Waals surface area contributed by atoms with Gasteiger partial charge in [0.1, 0.15) is 17.9 Å². The molecule has 0 unspecified atom stereocenters. The molecule has 1 amide bonds. The Morgan fingerprint density at radius 3 is 2.65 bits per heavy atom. The normalized spacial score (nSPS) is 14.2. The number of carbonyl (C=O) groups excluding carboxylic acids is 1. The monoisotopic (exact) mass is 283 g/mol. The molecule has 0 bridgehead atoms. The number of furan rings is 1. The van der Waals surface area contributed by atoms with Gasteiger partial charge in [0.25, 0.3) is 0 Å². The summed E-state index contributed by atoms with van der Waals surface area (Å²) in [5, 5.41) is 2.90. The third-order valence-corrected chi connectivity index (χ3v) is 2.72. The molecule has 0 aliphatic rings. The molecule has 20 heavy (non-hydrogen) atoms. The van der Waals surface area contributed by atoms with Gasteiger partial charge in [-0.25, -0.2) is 0 Å². The topological polar surface area (TPSA) is 60.7 Å². The van der Waals surface area contributed by atoms with Crippen LogP contribution in [0.5, 0.6) is 0 Å². The smallest absolute Gasteiger partial charge is 0.249 e. The van der Waals surface area contributed by atoms with Crippen molar-refractivity contribution in [1.82, 2.24) is 5.32 Å². The van der Waals surface area contributed by atoms with E-state index in [1.165, 1.54) is 0 Å². The fourth-order valence-electron chi connectivity index (χ4n) is 1.72. The van der Waals surface area contributed by atoms with Crippen LogP contribution in [-0.4, -0.2) is 31.8 Å². The minimum atomic E-state index is -0.484. The highest BCUT2D eigenvalue weighted by atomic mass is 16.5. The minimum Gasteiger partial charge on any atom is -0.467 e. The van der Waals surface area contributed by atoms with Crippen LogP contribution in [0.2, 0.25) is 0 Å². The number of carbonyl (C=O) groups is 1. The van der Waals surface area contributed by atoms with E-state index in [0.29, 0.717) is 31.5 Å². The van der Waals surface area contributed by atoms with Crippen LogP contribution >= 0.6 is 0 Å². The highest BCUT2D eigenvalue weighted by molar-refractivity contribution is 5.80. The summed E-state index contributed by atoms with van der Waals surface area (Å²) in [6.45, 7) is 9.29. The van der Waals surface area contributed by atoms with Crippen LogP contribution in [0.25, 0.3) is 0 Å². The molecule has 1 aromatic heterocycles. The molecule has 1 rings (SSSR count). The molecule has 0 aliphatic carbocycles. The van der Waals surface area contributed by atoms with Crippen molar-refractivity contribution in [1.29, 1.82) is 0 Å². The van der Waals surface area contributed by atoms with Crippen molar-refractivity contribution in [3.8, 4) is 0 Å². The summed E-state index contributed by atoms with van der Waals surface area (Å²) < 4.78 is 16.2. The van der Waals surface area contributed by atoms with Gasteiger partial charge in [-0.15, -0.1) is 0 Å². The van der Waals surface area contributed by atoms with E-state index < -0.39 is 6.10 Å². The van der Waals surface area contributed by atoms with E-state index in [4.69, 9.17) is 13.9 Å². The first-order chi connectivity index (χ1) is 9.54. The number of hydrogen-bond donors (Lipinski definition) is 1. The van der Waals surface area contributed by atoms with Crippen molar-refractivity contribution in [2.24, 2.45) is 5.92 Å². The second-order valence-electron chi connectivity index (χ2n) is 5.11. The molecular weight excluding hydrogens is 258 g/mol. The maximum atomic E-state index is 12.0. The molecule has 0 fully saturated rings. The predicted octanol–water partition coefficient (Wildman–Crippen LogP) is 2.53. The van der Waals surface area contributed by atoms with Crippen molar-refractivity contribution in [3.63, 3.8) is 0 Å². The van der Waals surface area contributed by atoms with E-state index in [0.717, 1.165) is 0 Å². The van der Waals surface area contributed by atoms with Crippen LogP contribution in [0.4, 0.5) is 0 Å². The van der Waals surface area contributed by atoms with Gasteiger partial charge < -0.3 is 19.2 Å². The zero-order valence-electron chi connectivity index (χ0n) is 12.7. The first-order valence-electron chi connectivity index (χ1n) is 7.07. The van der Waals surface area contributed by atoms with Gasteiger partial charge in [-0.05, 0) is 31.9 Å². The van der Waals surface area contributed by atoms with E-state index >= 15 is 0 Å². The zero-order valence-corrected chi connectivity index (χ0v) is 12.7. The Morgan fingerprint density at radius 2 is 2.10 bits per heavy atom. The van der Waals surface area contributed by atoms with Crippen molar-refractivity contribution in [2.75, 3.05) is 19.8 Å². The standard InChI is InChI=1S/C15H25NO4/c1-5-19-12(4)15(17)16-13(10-18-9-11(2)3)14-7-6-8-20-14/h6-8,11-13H,5,9-10H2,1-4H3,(H,16,17)/t12-,13+/m0/s1. The summed E-state index contributed by atoms with van der Waals surface area (Å²) in [6, 6.07) is 3.33. The Hall–Kier alpha value is -1.33. The van der Waals surface area contributed by atoms with E-state index in [9.17, 15) is 4.79 Å². The van der Waals surface area contributed by atoms with Crippen LogP contribution < -0.4 is 5.32 Å². The number of rotatable bonds is 9. The maximum Gasteiger partial charge on any atom is 0.249 e. The predicted molar refractivity (Wildman–Crippen MR) is 76.3 cm³/mol. The van der Waals surface area contributed by atoms with Gasteiger partial charge in [0, 0.05) is 13.2 Å². The van der Waals surface area contributed by atoms with Gasteiger partial charge in [-0.3, -0.25) is 4.79 Å². The van der Waals surface area contributed by atoms with Gasteiger partial charge in [0.05, 0.1) is 12.9 Å². The Labute approximate surface area is 120 Å². The lowest BCUT2D eigenvalue weighted by atomic mass is 10.2. The first-order valence-corrected chi connectivity index (χ1v) is 7.07. The molecule has 0 radical (unpaired) electrons. The molecular formula is C15H25NO4. The van der Waals surface area contributed by atoms with Crippen LogP contribution in [0.1, 0.15) is 39.5 Å². The quantitative estimate of drug-likeness (QED) is 0.756. The molecule has 114 valence electrons. The number of amides is 1. The second-order valence-corrected chi connectivity index (χ2v) is 5.11. The van der Waals surface area contributed by atoms with Gasteiger partial charge in [0.2, 0.25) is 5.91 Å². The van der Waals surface area contributed by atoms with E-state index in [-0.39, 0.29) is 11.9 Å². The van der Waals surface area contributed by atoms with Crippen LogP contribution in [0.3, 0.4) is 0 Å². The summed E-state index contributed by atoms with van der Waals surface area (Å²) in [7, 11) is 0. The van der Waals surface area contributed by atoms with Gasteiger partial charge in [-0.1, -0.05) is 13.8 Å². The third kappa shape index (κ3) is 5.75. The van der Waals surface area contributed by atoms with Crippen LogP contribution in [0.15, 0.2) is 22.8 Å². The summed E-state index contributed by atoms with van der Waals surface area (Å²) in [4.78, 5) is 12.0. The van der Waals surface area contributed by atoms with Crippen molar-refractivity contribution in [2.45, 2.75) is 39.8 Å². The van der Waals surface area contributed by atoms with E-state index in [1.807, 2.05) is 13.0 Å². The molecule has 0 saturated carbocycles. The Kier molecular flexibility index (Phi) is 7.33. The first kappa shape index (κ1) is 16.7. The molecule has 1 aromatic rings. The molecule has 5 nitrogen and oxygen atoms in total. The van der Waals surface area contributed by atoms with E-state index in [2.05, 4.69) is 19.2 Å².